The average Bonchev–Trinajstić information content (AvgIpc) is 3.00. The van der Waals surface area contributed by atoms with Gasteiger partial charge in [0, 0.05) is 5.02 Å². The van der Waals surface area contributed by atoms with E-state index in [4.69, 9.17) is 11.6 Å². The van der Waals surface area contributed by atoms with Crippen LogP contribution in [0.4, 0.5) is 0 Å². The van der Waals surface area contributed by atoms with Crippen molar-refractivity contribution in [2.75, 3.05) is 0 Å². The highest BCUT2D eigenvalue weighted by atomic mass is 35.5. The molecular formula is C18H22ClN3O3. The lowest BCUT2D eigenvalue weighted by atomic mass is 10.0. The van der Waals surface area contributed by atoms with Gasteiger partial charge in [0.15, 0.2) is 0 Å². The average molecular weight is 364 g/mol. The van der Waals surface area contributed by atoms with E-state index in [1.165, 1.54) is 6.20 Å². The summed E-state index contributed by atoms with van der Waals surface area (Å²) in [6, 6.07) is 6.24. The van der Waals surface area contributed by atoms with E-state index >= 15 is 0 Å². The second-order valence-electron chi connectivity index (χ2n) is 6.14. The molecule has 0 aliphatic heterocycles. The molecule has 134 valence electrons. The molecule has 1 aromatic heterocycles. The van der Waals surface area contributed by atoms with Crippen LogP contribution in [0.25, 0.3) is 5.69 Å². The first kappa shape index (κ1) is 19.0. The van der Waals surface area contributed by atoms with Crippen molar-refractivity contribution in [1.29, 1.82) is 0 Å². The first-order valence-corrected chi connectivity index (χ1v) is 8.60. The van der Waals surface area contributed by atoms with E-state index in [-0.39, 0.29) is 5.92 Å². The van der Waals surface area contributed by atoms with Crippen molar-refractivity contribution in [2.24, 2.45) is 0 Å². The third-order valence-electron chi connectivity index (χ3n) is 3.85. The predicted octanol–water partition coefficient (Wildman–Crippen LogP) is 3.63. The Morgan fingerprint density at radius 3 is 2.44 bits per heavy atom. The molecule has 0 radical (unpaired) electrons. The molecule has 1 aromatic carbocycles. The van der Waals surface area contributed by atoms with Crippen LogP contribution in [0.5, 0.6) is 0 Å². The van der Waals surface area contributed by atoms with Gasteiger partial charge in [0.05, 0.1) is 23.1 Å². The van der Waals surface area contributed by atoms with Crippen LogP contribution in [0.1, 0.15) is 55.6 Å². The van der Waals surface area contributed by atoms with Gasteiger partial charge in [-0.15, -0.1) is 0 Å². The summed E-state index contributed by atoms with van der Waals surface area (Å²) in [6.07, 6.45) is 2.52. The lowest BCUT2D eigenvalue weighted by Crippen LogP contribution is -2.40. The van der Waals surface area contributed by atoms with E-state index in [0.29, 0.717) is 23.4 Å². The Morgan fingerprint density at radius 1 is 1.28 bits per heavy atom. The van der Waals surface area contributed by atoms with Crippen LogP contribution in [0, 0.1) is 0 Å². The van der Waals surface area contributed by atoms with Gasteiger partial charge in [0.25, 0.3) is 5.91 Å². The van der Waals surface area contributed by atoms with Crippen LogP contribution in [0.15, 0.2) is 30.5 Å². The first-order chi connectivity index (χ1) is 11.8. The third kappa shape index (κ3) is 4.39. The summed E-state index contributed by atoms with van der Waals surface area (Å²) in [4.78, 5) is 23.9. The predicted molar refractivity (Wildman–Crippen MR) is 96.5 cm³/mol. The second kappa shape index (κ2) is 8.16. The number of aromatic nitrogens is 2. The molecular weight excluding hydrogens is 342 g/mol. The maximum absolute atomic E-state index is 12.6. The zero-order valence-corrected chi connectivity index (χ0v) is 15.2. The number of carboxylic acids is 1. The highest BCUT2D eigenvalue weighted by molar-refractivity contribution is 6.30. The van der Waals surface area contributed by atoms with Crippen molar-refractivity contribution in [3.05, 3.63) is 46.7 Å². The summed E-state index contributed by atoms with van der Waals surface area (Å²) in [6.45, 7) is 5.79. The number of carbonyl (C=O) groups excluding carboxylic acids is 1. The third-order valence-corrected chi connectivity index (χ3v) is 4.10. The summed E-state index contributed by atoms with van der Waals surface area (Å²) in [5.41, 5.74) is 1.89. The summed E-state index contributed by atoms with van der Waals surface area (Å²) >= 11 is 5.92. The van der Waals surface area contributed by atoms with E-state index in [1.807, 2.05) is 32.9 Å². The number of rotatable bonds is 7. The molecule has 2 aromatic rings. The lowest BCUT2D eigenvalue weighted by molar-refractivity contribution is -0.139. The fourth-order valence-corrected chi connectivity index (χ4v) is 2.78. The quantitative estimate of drug-likeness (QED) is 0.786. The zero-order chi connectivity index (χ0) is 18.6. The van der Waals surface area contributed by atoms with Gasteiger partial charge < -0.3 is 10.4 Å². The highest BCUT2D eigenvalue weighted by Gasteiger charge is 2.25. The summed E-state index contributed by atoms with van der Waals surface area (Å²) in [7, 11) is 0. The maximum Gasteiger partial charge on any atom is 0.326 e. The van der Waals surface area contributed by atoms with Gasteiger partial charge >= 0.3 is 5.97 Å². The standard InChI is InChI=1S/C18H22ClN3O3/c1-4-5-15(18(24)25)21-17(23)14-10-20-22(16(14)11(2)3)13-8-6-12(19)7-9-13/h6-11,15H,4-5H2,1-3H3,(H,21,23)(H,24,25). The van der Waals surface area contributed by atoms with Gasteiger partial charge in [-0.05, 0) is 36.6 Å². The molecule has 0 bridgehead atoms. The molecule has 0 fully saturated rings. The van der Waals surface area contributed by atoms with Gasteiger partial charge in [0.2, 0.25) is 0 Å². The van der Waals surface area contributed by atoms with Crippen molar-refractivity contribution in [3.63, 3.8) is 0 Å². The number of nitrogens with zero attached hydrogens (tertiary/aromatic N) is 2. The normalized spacial score (nSPS) is 12.2. The molecule has 1 heterocycles. The molecule has 0 saturated heterocycles. The molecule has 0 aliphatic carbocycles. The number of hydrogen-bond donors (Lipinski definition) is 2. The summed E-state index contributed by atoms with van der Waals surface area (Å²) < 4.78 is 1.69. The Hall–Kier alpha value is -2.34. The van der Waals surface area contributed by atoms with Crippen molar-refractivity contribution >= 4 is 23.5 Å². The van der Waals surface area contributed by atoms with E-state index in [9.17, 15) is 14.7 Å². The molecule has 0 spiro atoms. The summed E-state index contributed by atoms with van der Waals surface area (Å²) in [5, 5.41) is 16.8. The SMILES string of the molecule is CCCC(NC(=O)c1cnn(-c2ccc(Cl)cc2)c1C(C)C)C(=O)O. The number of aliphatic carboxylic acids is 1. The van der Waals surface area contributed by atoms with E-state index in [2.05, 4.69) is 10.4 Å². The van der Waals surface area contributed by atoms with Crippen LogP contribution >= 0.6 is 11.6 Å². The van der Waals surface area contributed by atoms with Gasteiger partial charge in [-0.25, -0.2) is 9.48 Å². The monoisotopic (exact) mass is 363 g/mol. The van der Waals surface area contributed by atoms with Crippen molar-refractivity contribution in [2.45, 2.75) is 45.6 Å². The molecule has 1 unspecified atom stereocenters. The van der Waals surface area contributed by atoms with Crippen LogP contribution < -0.4 is 5.32 Å². The molecule has 7 heteroatoms. The maximum atomic E-state index is 12.6. The molecule has 0 aliphatic rings. The van der Waals surface area contributed by atoms with E-state index in [0.717, 1.165) is 11.4 Å². The zero-order valence-electron chi connectivity index (χ0n) is 14.5. The van der Waals surface area contributed by atoms with E-state index < -0.39 is 17.9 Å². The van der Waals surface area contributed by atoms with E-state index in [1.54, 1.807) is 16.8 Å². The molecule has 1 atom stereocenters. The number of carbonyl (C=O) groups is 2. The topological polar surface area (TPSA) is 84.2 Å². The molecule has 25 heavy (non-hydrogen) atoms. The number of benzene rings is 1. The Bertz CT molecular complexity index is 753. The van der Waals surface area contributed by atoms with Crippen molar-refractivity contribution in [1.82, 2.24) is 15.1 Å². The Kier molecular flexibility index (Phi) is 6.20. The molecule has 2 rings (SSSR count). The molecule has 1 amide bonds. The minimum atomic E-state index is -1.04. The molecule has 6 nitrogen and oxygen atoms in total. The number of hydrogen-bond acceptors (Lipinski definition) is 3. The number of amides is 1. The Morgan fingerprint density at radius 2 is 1.92 bits per heavy atom. The minimum absolute atomic E-state index is 0.0216. The van der Waals surface area contributed by atoms with Crippen molar-refractivity contribution < 1.29 is 14.7 Å². The Balaban J connectivity index is 2.37. The lowest BCUT2D eigenvalue weighted by Gasteiger charge is -2.16. The van der Waals surface area contributed by atoms with Crippen LogP contribution in [0.2, 0.25) is 5.02 Å². The smallest absolute Gasteiger partial charge is 0.326 e. The molecule has 0 saturated carbocycles. The first-order valence-electron chi connectivity index (χ1n) is 8.22. The summed E-state index contributed by atoms with van der Waals surface area (Å²) in [5.74, 6) is -1.44. The largest absolute Gasteiger partial charge is 0.480 e. The number of carboxylic acid groups (broad SMARTS) is 1. The fraction of sp³-hybridized carbons (Fsp3) is 0.389. The Labute approximate surface area is 151 Å². The van der Waals surface area contributed by atoms with Gasteiger partial charge in [-0.1, -0.05) is 38.8 Å². The number of halogens is 1. The van der Waals surface area contributed by atoms with Gasteiger partial charge in [0.1, 0.15) is 6.04 Å². The van der Waals surface area contributed by atoms with Crippen molar-refractivity contribution in [3.8, 4) is 5.69 Å². The fourth-order valence-electron chi connectivity index (χ4n) is 2.66. The molecule has 2 N–H and O–H groups in total. The number of nitrogens with one attached hydrogen (secondary N) is 1. The van der Waals surface area contributed by atoms with Crippen LogP contribution in [0.3, 0.4) is 0 Å². The second-order valence-corrected chi connectivity index (χ2v) is 6.58. The highest BCUT2D eigenvalue weighted by Crippen LogP contribution is 2.24. The van der Waals surface area contributed by atoms with Crippen LogP contribution in [-0.2, 0) is 4.79 Å². The van der Waals surface area contributed by atoms with Gasteiger partial charge in [-0.3, -0.25) is 4.79 Å². The van der Waals surface area contributed by atoms with Crippen LogP contribution in [-0.4, -0.2) is 32.8 Å². The minimum Gasteiger partial charge on any atom is -0.480 e. The van der Waals surface area contributed by atoms with Gasteiger partial charge in [-0.2, -0.15) is 5.10 Å².